The molecule has 1 aromatic rings. The molecule has 0 saturated carbocycles. The number of aromatic nitrogens is 1. The van der Waals surface area contributed by atoms with Gasteiger partial charge in [0, 0.05) is 39.3 Å². The van der Waals surface area contributed by atoms with E-state index in [9.17, 15) is 9.59 Å². The molecule has 0 spiro atoms. The predicted octanol–water partition coefficient (Wildman–Crippen LogP) is 3.55. The highest BCUT2D eigenvalue weighted by atomic mass is 16.1. The summed E-state index contributed by atoms with van der Waals surface area (Å²) >= 11 is 0. The molecule has 2 N–H and O–H groups in total. The van der Waals surface area contributed by atoms with Crippen molar-refractivity contribution in [1.82, 2.24) is 15.6 Å². The molecule has 0 aliphatic rings. The second-order valence-corrected chi connectivity index (χ2v) is 4.60. The summed E-state index contributed by atoms with van der Waals surface area (Å²) in [5, 5.41) is 5.39. The molecule has 5 heteroatoms. The maximum atomic E-state index is 10.5. The zero-order chi connectivity index (χ0) is 18.7. The molecule has 0 radical (unpaired) electrons. The van der Waals surface area contributed by atoms with Crippen molar-refractivity contribution in [2.24, 2.45) is 5.92 Å². The van der Waals surface area contributed by atoms with E-state index in [0.29, 0.717) is 12.5 Å². The van der Waals surface area contributed by atoms with Crippen LogP contribution in [0.5, 0.6) is 0 Å². The van der Waals surface area contributed by atoms with E-state index >= 15 is 0 Å². The van der Waals surface area contributed by atoms with E-state index < -0.39 is 0 Å². The van der Waals surface area contributed by atoms with Crippen LogP contribution < -0.4 is 10.6 Å². The largest absolute Gasteiger partial charge is 0.356 e. The Hall–Kier alpha value is -1.91. The van der Waals surface area contributed by atoms with Crippen LogP contribution in [0.25, 0.3) is 0 Å². The van der Waals surface area contributed by atoms with E-state index in [1.807, 2.05) is 39.8 Å². The van der Waals surface area contributed by atoms with Gasteiger partial charge in [0.2, 0.25) is 11.8 Å². The number of hydrogen-bond donors (Lipinski definition) is 2. The van der Waals surface area contributed by atoms with Gasteiger partial charge in [0.15, 0.2) is 0 Å². The Morgan fingerprint density at radius 3 is 1.87 bits per heavy atom. The predicted molar refractivity (Wildman–Crippen MR) is 98.0 cm³/mol. The highest BCUT2D eigenvalue weighted by molar-refractivity contribution is 5.73. The van der Waals surface area contributed by atoms with Gasteiger partial charge in [-0.3, -0.25) is 14.6 Å². The second kappa shape index (κ2) is 20.1. The maximum Gasteiger partial charge on any atom is 0.217 e. The summed E-state index contributed by atoms with van der Waals surface area (Å²) in [5.74, 6) is 0.589. The molecular formula is C18H35N3O2. The van der Waals surface area contributed by atoms with Crippen LogP contribution in [0.3, 0.4) is 0 Å². The minimum absolute atomic E-state index is 0.0196. The van der Waals surface area contributed by atoms with Crippen LogP contribution in [0.15, 0.2) is 24.5 Å². The van der Waals surface area contributed by atoms with E-state index in [0.717, 1.165) is 12.1 Å². The molecule has 0 atom stereocenters. The SMILES string of the molecule is CC.CC.CC(=O)NCC(C)C.CC(=O)NCc1cccnc1. The van der Waals surface area contributed by atoms with Crippen LogP contribution in [0.4, 0.5) is 0 Å². The zero-order valence-corrected chi connectivity index (χ0v) is 16.1. The van der Waals surface area contributed by atoms with Crippen molar-refractivity contribution in [2.45, 2.75) is 61.9 Å². The number of nitrogens with one attached hydrogen (secondary N) is 2. The van der Waals surface area contributed by atoms with Crippen LogP contribution in [-0.2, 0) is 16.1 Å². The third-order valence-electron chi connectivity index (χ3n) is 2.02. The van der Waals surface area contributed by atoms with Crippen LogP contribution in [0, 0.1) is 5.92 Å². The minimum Gasteiger partial charge on any atom is -0.356 e. The van der Waals surface area contributed by atoms with Crippen molar-refractivity contribution in [2.75, 3.05) is 6.54 Å². The fourth-order valence-corrected chi connectivity index (χ4v) is 1.08. The molecule has 0 unspecified atom stereocenters. The molecule has 5 nitrogen and oxygen atoms in total. The summed E-state index contributed by atoms with van der Waals surface area (Å²) < 4.78 is 0. The molecule has 0 aromatic carbocycles. The van der Waals surface area contributed by atoms with Gasteiger partial charge in [0.05, 0.1) is 0 Å². The second-order valence-electron chi connectivity index (χ2n) is 4.60. The molecule has 1 rings (SSSR count). The van der Waals surface area contributed by atoms with Gasteiger partial charge in [-0.15, -0.1) is 0 Å². The van der Waals surface area contributed by atoms with E-state index in [4.69, 9.17) is 0 Å². The number of hydrogen-bond acceptors (Lipinski definition) is 3. The Morgan fingerprint density at radius 1 is 1.04 bits per heavy atom. The smallest absolute Gasteiger partial charge is 0.217 e. The standard InChI is InChI=1S/C8H10N2O.C6H13NO.2C2H6/c1-7(11)10-6-8-3-2-4-9-5-8;1-5(2)4-7-6(3)8;2*1-2/h2-5H,6H2,1H3,(H,10,11);5H,4H2,1-3H3,(H,7,8);2*1-2H3. The van der Waals surface area contributed by atoms with Gasteiger partial charge in [-0.05, 0) is 17.5 Å². The third kappa shape index (κ3) is 25.4. The van der Waals surface area contributed by atoms with Gasteiger partial charge in [-0.2, -0.15) is 0 Å². The van der Waals surface area contributed by atoms with Crippen molar-refractivity contribution in [3.8, 4) is 0 Å². The Kier molecular flexibility index (Phi) is 22.7. The topological polar surface area (TPSA) is 71.1 Å². The number of carbonyl (C=O) groups is 2. The first kappa shape index (κ1) is 26.0. The number of amides is 2. The highest BCUT2D eigenvalue weighted by Gasteiger charge is 1.93. The molecule has 0 saturated heterocycles. The molecule has 23 heavy (non-hydrogen) atoms. The normalized spacial score (nSPS) is 8.22. The van der Waals surface area contributed by atoms with Crippen LogP contribution in [0.2, 0.25) is 0 Å². The van der Waals surface area contributed by atoms with Gasteiger partial charge < -0.3 is 10.6 Å². The molecule has 0 aliphatic heterocycles. The zero-order valence-electron chi connectivity index (χ0n) is 16.1. The third-order valence-corrected chi connectivity index (χ3v) is 2.02. The molecule has 0 bridgehead atoms. The van der Waals surface area contributed by atoms with Gasteiger partial charge in [0.25, 0.3) is 0 Å². The Morgan fingerprint density at radius 2 is 1.57 bits per heavy atom. The van der Waals surface area contributed by atoms with Crippen molar-refractivity contribution in [3.05, 3.63) is 30.1 Å². The fourth-order valence-electron chi connectivity index (χ4n) is 1.08. The lowest BCUT2D eigenvalue weighted by atomic mass is 10.2. The quantitative estimate of drug-likeness (QED) is 0.889. The van der Waals surface area contributed by atoms with Crippen molar-refractivity contribution in [1.29, 1.82) is 0 Å². The lowest BCUT2D eigenvalue weighted by molar-refractivity contribution is -0.119. The van der Waals surface area contributed by atoms with Crippen LogP contribution >= 0.6 is 0 Å². The van der Waals surface area contributed by atoms with Gasteiger partial charge in [-0.25, -0.2) is 0 Å². The average molecular weight is 325 g/mol. The van der Waals surface area contributed by atoms with Crippen LogP contribution in [-0.4, -0.2) is 23.3 Å². The molecule has 134 valence electrons. The average Bonchev–Trinajstić information content (AvgIpc) is 2.56. The van der Waals surface area contributed by atoms with Crippen molar-refractivity contribution >= 4 is 11.8 Å². The van der Waals surface area contributed by atoms with Crippen LogP contribution in [0.1, 0.15) is 61.0 Å². The monoisotopic (exact) mass is 325 g/mol. The summed E-state index contributed by atoms with van der Waals surface area (Å²) in [6.45, 7) is 16.5. The first-order chi connectivity index (χ1) is 10.9. The van der Waals surface area contributed by atoms with E-state index in [-0.39, 0.29) is 11.8 Å². The number of pyridine rings is 1. The number of nitrogens with zero attached hydrogens (tertiary/aromatic N) is 1. The Bertz CT molecular complexity index is 379. The first-order valence-electron chi connectivity index (χ1n) is 8.29. The summed E-state index contributed by atoms with van der Waals surface area (Å²) in [4.78, 5) is 24.6. The number of rotatable bonds is 4. The first-order valence-corrected chi connectivity index (χ1v) is 8.29. The summed E-state index contributed by atoms with van der Waals surface area (Å²) in [7, 11) is 0. The van der Waals surface area contributed by atoms with Crippen molar-refractivity contribution < 1.29 is 9.59 Å². The minimum atomic E-state index is -0.0196. The Balaban J connectivity index is -0.000000296. The molecular weight excluding hydrogens is 290 g/mol. The van der Waals surface area contributed by atoms with E-state index in [2.05, 4.69) is 29.5 Å². The highest BCUT2D eigenvalue weighted by Crippen LogP contribution is 1.93. The maximum absolute atomic E-state index is 10.5. The van der Waals surface area contributed by atoms with Crippen molar-refractivity contribution in [3.63, 3.8) is 0 Å². The lowest BCUT2D eigenvalue weighted by Gasteiger charge is -2.02. The molecule has 0 aliphatic carbocycles. The molecule has 1 heterocycles. The van der Waals surface area contributed by atoms with E-state index in [1.54, 1.807) is 12.4 Å². The Labute approximate surface area is 142 Å². The van der Waals surface area contributed by atoms with Gasteiger partial charge in [0.1, 0.15) is 0 Å². The molecule has 1 aromatic heterocycles. The van der Waals surface area contributed by atoms with Gasteiger partial charge >= 0.3 is 0 Å². The molecule has 0 fully saturated rings. The van der Waals surface area contributed by atoms with E-state index in [1.165, 1.54) is 13.8 Å². The fraction of sp³-hybridized carbons (Fsp3) is 0.611. The summed E-state index contributed by atoms with van der Waals surface area (Å²) in [6, 6.07) is 3.76. The number of carbonyl (C=O) groups excluding carboxylic acids is 2. The summed E-state index contributed by atoms with van der Waals surface area (Å²) in [6.07, 6.45) is 3.44. The lowest BCUT2D eigenvalue weighted by Crippen LogP contribution is -2.24. The summed E-state index contributed by atoms with van der Waals surface area (Å²) in [5.41, 5.74) is 1.02. The molecule has 2 amide bonds. The van der Waals surface area contributed by atoms with Gasteiger partial charge in [-0.1, -0.05) is 47.6 Å².